The molecule has 0 fully saturated rings. The summed E-state index contributed by atoms with van der Waals surface area (Å²) < 4.78 is 4.45. The van der Waals surface area contributed by atoms with Crippen LogP contribution in [0.1, 0.15) is 22.3 Å². The van der Waals surface area contributed by atoms with Gasteiger partial charge >= 0.3 is 0 Å². The van der Waals surface area contributed by atoms with E-state index in [-0.39, 0.29) is 0 Å². The lowest BCUT2D eigenvalue weighted by Crippen LogP contribution is -2.28. The Labute approximate surface area is 295 Å². The molecule has 1 aliphatic rings. The third-order valence-corrected chi connectivity index (χ3v) is 11.0. The van der Waals surface area contributed by atoms with Gasteiger partial charge in [0, 0.05) is 33.6 Å². The zero-order valence-electron chi connectivity index (χ0n) is 27.7. The molecule has 0 saturated heterocycles. The van der Waals surface area contributed by atoms with Crippen LogP contribution in [0, 0.1) is 0 Å². The Kier molecular flexibility index (Phi) is 5.88. The van der Waals surface area contributed by atoms with Crippen molar-refractivity contribution in [3.63, 3.8) is 0 Å². The van der Waals surface area contributed by atoms with E-state index in [0.717, 1.165) is 22.1 Å². The summed E-state index contributed by atoms with van der Waals surface area (Å²) in [6.07, 6.45) is 2.03. The number of para-hydroxylation sites is 1. The molecule has 0 aliphatic heterocycles. The Morgan fingerprint density at radius 2 is 1.08 bits per heavy atom. The van der Waals surface area contributed by atoms with Crippen molar-refractivity contribution in [2.75, 3.05) is 0 Å². The average molecular weight is 650 g/mol. The minimum atomic E-state index is -0.438. The maximum Gasteiger partial charge on any atom is 0.0934 e. The van der Waals surface area contributed by atoms with E-state index < -0.39 is 5.41 Å². The van der Waals surface area contributed by atoms with E-state index in [1.165, 1.54) is 66.3 Å². The van der Waals surface area contributed by atoms with Gasteiger partial charge in [-0.25, -0.2) is 4.52 Å². The minimum absolute atomic E-state index is 0.438. The van der Waals surface area contributed by atoms with E-state index in [0.29, 0.717) is 0 Å². The summed E-state index contributed by atoms with van der Waals surface area (Å²) in [5.74, 6) is 0. The molecule has 7 aromatic carbocycles. The number of fused-ring (bicyclic) bond motifs is 9. The van der Waals surface area contributed by atoms with Gasteiger partial charge in [0.15, 0.2) is 0 Å². The molecule has 0 saturated carbocycles. The molecule has 0 radical (unpaired) electrons. The van der Waals surface area contributed by atoms with Crippen molar-refractivity contribution in [2.24, 2.45) is 0 Å². The fourth-order valence-corrected chi connectivity index (χ4v) is 8.93. The van der Waals surface area contributed by atoms with Crippen LogP contribution in [0.25, 0.3) is 66.2 Å². The molecule has 0 amide bonds. The van der Waals surface area contributed by atoms with Gasteiger partial charge in [0.25, 0.3) is 0 Å². The molecular formula is C48H31N3. The van der Waals surface area contributed by atoms with E-state index in [2.05, 4.69) is 180 Å². The molecule has 3 heteroatoms. The highest BCUT2D eigenvalue weighted by Gasteiger charge is 2.46. The zero-order chi connectivity index (χ0) is 33.5. The van der Waals surface area contributed by atoms with Gasteiger partial charge in [-0.2, -0.15) is 5.10 Å². The zero-order valence-corrected chi connectivity index (χ0v) is 27.7. The van der Waals surface area contributed by atoms with E-state index >= 15 is 0 Å². The van der Waals surface area contributed by atoms with E-state index in [1.807, 2.05) is 16.8 Å². The van der Waals surface area contributed by atoms with Gasteiger partial charge in [0.05, 0.1) is 27.5 Å². The van der Waals surface area contributed by atoms with Gasteiger partial charge in [-0.3, -0.25) is 0 Å². The molecule has 1 aliphatic carbocycles. The first-order valence-corrected chi connectivity index (χ1v) is 17.6. The smallest absolute Gasteiger partial charge is 0.0934 e. The normalized spacial score (nSPS) is 13.3. The number of rotatable bonds is 4. The lowest BCUT2D eigenvalue weighted by molar-refractivity contribution is 0.769. The van der Waals surface area contributed by atoms with Crippen LogP contribution in [-0.2, 0) is 5.41 Å². The number of hydrogen-bond donors (Lipinski definition) is 0. The summed E-state index contributed by atoms with van der Waals surface area (Å²) in [5, 5.41) is 8.50. The number of hydrogen-bond acceptors (Lipinski definition) is 1. The quantitative estimate of drug-likeness (QED) is 0.186. The number of aromatic nitrogens is 3. The van der Waals surface area contributed by atoms with Crippen LogP contribution in [0.4, 0.5) is 0 Å². The number of pyridine rings is 1. The predicted octanol–water partition coefficient (Wildman–Crippen LogP) is 11.6. The van der Waals surface area contributed by atoms with Crippen LogP contribution in [-0.4, -0.2) is 14.2 Å². The minimum Gasteiger partial charge on any atom is -0.309 e. The molecule has 0 bridgehead atoms. The highest BCUT2D eigenvalue weighted by atomic mass is 15.2. The Balaban J connectivity index is 1.16. The molecule has 3 aromatic heterocycles. The lowest BCUT2D eigenvalue weighted by atomic mass is 9.67. The molecule has 11 rings (SSSR count). The fraction of sp³-hybridized carbons (Fsp3) is 0.0208. The molecule has 10 aromatic rings. The van der Waals surface area contributed by atoms with Crippen molar-refractivity contribution >= 4 is 38.2 Å². The van der Waals surface area contributed by atoms with Crippen LogP contribution >= 0.6 is 0 Å². The van der Waals surface area contributed by atoms with Crippen molar-refractivity contribution in [1.82, 2.24) is 14.2 Å². The lowest BCUT2D eigenvalue weighted by Gasteiger charge is -2.33. The van der Waals surface area contributed by atoms with E-state index in [9.17, 15) is 0 Å². The van der Waals surface area contributed by atoms with Gasteiger partial charge in [-0.15, -0.1) is 0 Å². The molecular weight excluding hydrogens is 619 g/mol. The van der Waals surface area contributed by atoms with Crippen molar-refractivity contribution in [1.29, 1.82) is 0 Å². The number of benzene rings is 7. The van der Waals surface area contributed by atoms with Crippen LogP contribution in [0.3, 0.4) is 0 Å². The molecule has 0 spiro atoms. The second kappa shape index (κ2) is 10.6. The van der Waals surface area contributed by atoms with Crippen molar-refractivity contribution in [2.45, 2.75) is 5.41 Å². The average Bonchev–Trinajstić information content (AvgIpc) is 3.84. The predicted molar refractivity (Wildman–Crippen MR) is 210 cm³/mol. The van der Waals surface area contributed by atoms with Crippen molar-refractivity contribution < 1.29 is 0 Å². The summed E-state index contributed by atoms with van der Waals surface area (Å²) in [6, 6.07) is 66.6. The Morgan fingerprint density at radius 1 is 0.431 bits per heavy atom. The SMILES string of the molecule is c1ccc(C2(c3ccccc3)c3ccccc3-c3cc4c(cc32)c2ccccc2n4-c2ccc(-c3cccn4nc5ccccc5c34)cc2)cc1. The Hall–Kier alpha value is -6.71. The second-order valence-corrected chi connectivity index (χ2v) is 13.6. The van der Waals surface area contributed by atoms with E-state index in [1.54, 1.807) is 0 Å². The van der Waals surface area contributed by atoms with Crippen LogP contribution in [0.2, 0.25) is 0 Å². The summed E-state index contributed by atoms with van der Waals surface area (Å²) >= 11 is 0. The maximum atomic E-state index is 4.83. The summed E-state index contributed by atoms with van der Waals surface area (Å²) in [5.41, 5.74) is 15.4. The van der Waals surface area contributed by atoms with Gasteiger partial charge in [0.1, 0.15) is 0 Å². The van der Waals surface area contributed by atoms with Crippen LogP contribution < -0.4 is 0 Å². The van der Waals surface area contributed by atoms with Crippen molar-refractivity contribution in [3.05, 3.63) is 210 Å². The Morgan fingerprint density at radius 3 is 1.86 bits per heavy atom. The molecule has 0 N–H and O–H groups in total. The first kappa shape index (κ1) is 28.2. The summed E-state index contributed by atoms with van der Waals surface area (Å²) in [4.78, 5) is 0. The summed E-state index contributed by atoms with van der Waals surface area (Å²) in [6.45, 7) is 0. The molecule has 3 nitrogen and oxygen atoms in total. The molecule has 0 unspecified atom stereocenters. The third kappa shape index (κ3) is 3.86. The summed E-state index contributed by atoms with van der Waals surface area (Å²) in [7, 11) is 0. The topological polar surface area (TPSA) is 22.2 Å². The highest BCUT2D eigenvalue weighted by Crippen LogP contribution is 2.57. The van der Waals surface area contributed by atoms with Crippen LogP contribution in [0.15, 0.2) is 188 Å². The first-order valence-electron chi connectivity index (χ1n) is 17.6. The first-order chi connectivity index (χ1) is 25.3. The van der Waals surface area contributed by atoms with Crippen LogP contribution in [0.5, 0.6) is 0 Å². The highest BCUT2D eigenvalue weighted by molar-refractivity contribution is 6.12. The number of nitrogens with zero attached hydrogens (tertiary/aromatic N) is 3. The molecule has 51 heavy (non-hydrogen) atoms. The molecule has 238 valence electrons. The Bertz CT molecular complexity index is 2910. The molecule has 0 atom stereocenters. The maximum absolute atomic E-state index is 4.83. The largest absolute Gasteiger partial charge is 0.309 e. The van der Waals surface area contributed by atoms with Gasteiger partial charge in [-0.05, 0) is 81.4 Å². The standard InChI is InChI=1S/C48H31N3/c1-3-14-33(15-4-1)48(34-16-5-2-6-17-34)42-22-10-7-18-37(42)40-31-46-41(30-43(40)48)38-19-9-12-24-45(38)51(46)35-27-25-32(26-28-35)36-21-13-29-50-47(36)39-20-8-11-23-44(39)49-50/h1-31H. The van der Waals surface area contributed by atoms with Gasteiger partial charge in [-0.1, -0.05) is 140 Å². The van der Waals surface area contributed by atoms with Crippen molar-refractivity contribution in [3.8, 4) is 27.9 Å². The van der Waals surface area contributed by atoms with Gasteiger partial charge in [0.2, 0.25) is 0 Å². The molecule has 3 heterocycles. The van der Waals surface area contributed by atoms with Gasteiger partial charge < -0.3 is 4.57 Å². The fourth-order valence-electron chi connectivity index (χ4n) is 8.93. The second-order valence-electron chi connectivity index (χ2n) is 13.6. The van der Waals surface area contributed by atoms with E-state index in [4.69, 9.17) is 5.10 Å². The third-order valence-electron chi connectivity index (χ3n) is 11.0. The monoisotopic (exact) mass is 649 g/mol.